The summed E-state index contributed by atoms with van der Waals surface area (Å²) in [5, 5.41) is 6.52. The van der Waals surface area contributed by atoms with Crippen molar-refractivity contribution in [2.45, 2.75) is 18.9 Å². The Balaban J connectivity index is 1.77. The largest absolute Gasteiger partial charge is 0.343 e. The van der Waals surface area contributed by atoms with Gasteiger partial charge in [0.2, 0.25) is 11.8 Å². The molecule has 3 heterocycles. The van der Waals surface area contributed by atoms with Crippen molar-refractivity contribution in [2.24, 2.45) is 0 Å². The Kier molecular flexibility index (Phi) is 2.79. The number of piperidine rings is 1. The van der Waals surface area contributed by atoms with Gasteiger partial charge in [0.15, 0.2) is 0 Å². The van der Waals surface area contributed by atoms with Gasteiger partial charge in [-0.2, -0.15) is 0 Å². The summed E-state index contributed by atoms with van der Waals surface area (Å²) in [7, 11) is 0. The molecule has 0 aliphatic carbocycles. The summed E-state index contributed by atoms with van der Waals surface area (Å²) in [6, 6.07) is -0.664. The van der Waals surface area contributed by atoms with Crippen molar-refractivity contribution in [1.82, 2.24) is 20.6 Å². The van der Waals surface area contributed by atoms with Crippen LogP contribution in [0, 0.1) is 0 Å². The van der Waals surface area contributed by atoms with Gasteiger partial charge in [-0.25, -0.2) is 4.98 Å². The number of fused-ring (bicyclic) bond motifs is 1. The third-order valence-corrected chi connectivity index (χ3v) is 3.84. The molecule has 2 aromatic rings. The zero-order valence-electron chi connectivity index (χ0n) is 9.73. The summed E-state index contributed by atoms with van der Waals surface area (Å²) in [5.41, 5.74) is 1.12. The SMILES string of the molecule is O=C1CCC(NC(=O)c2csc3nc[nH]c23)C(=O)N1. The molecule has 8 heteroatoms. The number of amides is 3. The smallest absolute Gasteiger partial charge is 0.254 e. The third-order valence-electron chi connectivity index (χ3n) is 2.95. The molecule has 7 nitrogen and oxygen atoms in total. The molecule has 0 saturated carbocycles. The van der Waals surface area contributed by atoms with Crippen LogP contribution in [0.25, 0.3) is 10.3 Å². The lowest BCUT2D eigenvalue weighted by molar-refractivity contribution is -0.134. The van der Waals surface area contributed by atoms with Gasteiger partial charge in [0, 0.05) is 11.8 Å². The summed E-state index contributed by atoms with van der Waals surface area (Å²) in [5.74, 6) is -1.10. The third kappa shape index (κ3) is 2.10. The molecule has 0 aromatic carbocycles. The highest BCUT2D eigenvalue weighted by atomic mass is 32.1. The molecular weight excluding hydrogens is 268 g/mol. The van der Waals surface area contributed by atoms with Gasteiger partial charge >= 0.3 is 0 Å². The van der Waals surface area contributed by atoms with E-state index in [4.69, 9.17) is 0 Å². The first-order valence-electron chi connectivity index (χ1n) is 5.70. The monoisotopic (exact) mass is 278 g/mol. The number of aromatic nitrogens is 2. The molecular formula is C11H10N4O3S. The quantitative estimate of drug-likeness (QED) is 0.681. The van der Waals surface area contributed by atoms with Gasteiger partial charge in [-0.05, 0) is 6.42 Å². The molecule has 98 valence electrons. The van der Waals surface area contributed by atoms with E-state index in [1.807, 2.05) is 0 Å². The van der Waals surface area contributed by atoms with E-state index in [0.717, 1.165) is 4.83 Å². The van der Waals surface area contributed by atoms with Crippen LogP contribution in [0.15, 0.2) is 11.7 Å². The second-order valence-electron chi connectivity index (χ2n) is 4.21. The summed E-state index contributed by atoms with van der Waals surface area (Å²) in [4.78, 5) is 42.4. The van der Waals surface area contributed by atoms with Crippen LogP contribution in [0.3, 0.4) is 0 Å². The molecule has 1 saturated heterocycles. The summed E-state index contributed by atoms with van der Waals surface area (Å²) < 4.78 is 0. The number of hydrogen-bond donors (Lipinski definition) is 3. The predicted molar refractivity (Wildman–Crippen MR) is 67.6 cm³/mol. The van der Waals surface area contributed by atoms with Crippen molar-refractivity contribution in [3.05, 3.63) is 17.3 Å². The minimum atomic E-state index is -0.664. The van der Waals surface area contributed by atoms with E-state index >= 15 is 0 Å². The molecule has 1 unspecified atom stereocenters. The Labute approximate surface area is 111 Å². The van der Waals surface area contributed by atoms with Crippen LogP contribution < -0.4 is 10.6 Å². The first kappa shape index (κ1) is 11.8. The fraction of sp³-hybridized carbons (Fsp3) is 0.273. The van der Waals surface area contributed by atoms with Crippen LogP contribution in [-0.4, -0.2) is 33.7 Å². The van der Waals surface area contributed by atoms with Crippen molar-refractivity contribution < 1.29 is 14.4 Å². The second-order valence-corrected chi connectivity index (χ2v) is 5.07. The molecule has 2 aromatic heterocycles. The number of nitrogens with one attached hydrogen (secondary N) is 3. The normalized spacial score (nSPS) is 19.5. The maximum absolute atomic E-state index is 12.1. The number of carbonyl (C=O) groups excluding carboxylic acids is 3. The minimum absolute atomic E-state index is 0.236. The zero-order valence-corrected chi connectivity index (χ0v) is 10.5. The Morgan fingerprint density at radius 2 is 2.32 bits per heavy atom. The molecule has 1 fully saturated rings. The number of imide groups is 1. The first-order chi connectivity index (χ1) is 9.15. The van der Waals surface area contributed by atoms with Crippen molar-refractivity contribution in [3.8, 4) is 0 Å². The van der Waals surface area contributed by atoms with Gasteiger partial charge in [0.1, 0.15) is 10.9 Å². The highest BCUT2D eigenvalue weighted by molar-refractivity contribution is 7.17. The number of nitrogens with zero attached hydrogens (tertiary/aromatic N) is 1. The molecule has 3 rings (SSSR count). The van der Waals surface area contributed by atoms with Crippen molar-refractivity contribution in [1.29, 1.82) is 0 Å². The van der Waals surface area contributed by atoms with E-state index < -0.39 is 11.9 Å². The van der Waals surface area contributed by atoms with E-state index in [1.54, 1.807) is 5.38 Å². The van der Waals surface area contributed by atoms with E-state index in [0.29, 0.717) is 17.5 Å². The van der Waals surface area contributed by atoms with E-state index in [2.05, 4.69) is 20.6 Å². The molecule has 3 amide bonds. The average Bonchev–Trinajstić information content (AvgIpc) is 2.94. The Hall–Kier alpha value is -2.22. The van der Waals surface area contributed by atoms with Gasteiger partial charge < -0.3 is 10.3 Å². The van der Waals surface area contributed by atoms with Gasteiger partial charge in [-0.3, -0.25) is 19.7 Å². The lowest BCUT2D eigenvalue weighted by Crippen LogP contribution is -2.52. The first-order valence-corrected chi connectivity index (χ1v) is 6.58. The Morgan fingerprint density at radius 3 is 3.11 bits per heavy atom. The molecule has 0 bridgehead atoms. The van der Waals surface area contributed by atoms with E-state index in [1.165, 1.54) is 17.7 Å². The number of H-pyrrole nitrogens is 1. The van der Waals surface area contributed by atoms with E-state index in [-0.39, 0.29) is 18.2 Å². The van der Waals surface area contributed by atoms with Gasteiger partial charge in [0.25, 0.3) is 5.91 Å². The number of thiophene rings is 1. The van der Waals surface area contributed by atoms with Crippen LogP contribution in [0.4, 0.5) is 0 Å². The standard InChI is InChI=1S/C11H10N4O3S/c16-7-2-1-6(10(18)15-7)14-9(17)5-3-19-11-8(5)12-4-13-11/h3-4,6H,1-2H2,(H,12,13)(H,14,17)(H,15,16,18). The second kappa shape index (κ2) is 4.47. The Morgan fingerprint density at radius 1 is 1.47 bits per heavy atom. The lowest BCUT2D eigenvalue weighted by atomic mass is 10.1. The van der Waals surface area contributed by atoms with Crippen LogP contribution in [-0.2, 0) is 9.59 Å². The minimum Gasteiger partial charge on any atom is -0.343 e. The average molecular weight is 278 g/mol. The number of rotatable bonds is 2. The summed E-state index contributed by atoms with van der Waals surface area (Å²) in [6.07, 6.45) is 2.08. The fourth-order valence-electron chi connectivity index (χ4n) is 1.97. The topological polar surface area (TPSA) is 104 Å². The van der Waals surface area contributed by atoms with Gasteiger partial charge in [0.05, 0.1) is 17.4 Å². The Bertz CT molecular complexity index is 674. The molecule has 1 aliphatic heterocycles. The molecule has 19 heavy (non-hydrogen) atoms. The fourth-order valence-corrected chi connectivity index (χ4v) is 2.83. The summed E-state index contributed by atoms with van der Waals surface area (Å²) in [6.45, 7) is 0. The van der Waals surface area contributed by atoms with Crippen molar-refractivity contribution >= 4 is 39.4 Å². The van der Waals surface area contributed by atoms with Crippen LogP contribution >= 0.6 is 11.3 Å². The zero-order chi connectivity index (χ0) is 13.4. The number of carbonyl (C=O) groups is 3. The maximum Gasteiger partial charge on any atom is 0.254 e. The van der Waals surface area contributed by atoms with Gasteiger partial charge in [-0.1, -0.05) is 0 Å². The molecule has 1 aliphatic rings. The van der Waals surface area contributed by atoms with E-state index in [9.17, 15) is 14.4 Å². The van der Waals surface area contributed by atoms with Crippen molar-refractivity contribution in [3.63, 3.8) is 0 Å². The number of aromatic amines is 1. The van der Waals surface area contributed by atoms with Crippen LogP contribution in [0.5, 0.6) is 0 Å². The van der Waals surface area contributed by atoms with Crippen LogP contribution in [0.2, 0.25) is 0 Å². The lowest BCUT2D eigenvalue weighted by Gasteiger charge is -2.21. The molecule has 0 spiro atoms. The maximum atomic E-state index is 12.1. The highest BCUT2D eigenvalue weighted by Crippen LogP contribution is 2.22. The number of hydrogen-bond acceptors (Lipinski definition) is 5. The van der Waals surface area contributed by atoms with Gasteiger partial charge in [-0.15, -0.1) is 11.3 Å². The van der Waals surface area contributed by atoms with Crippen molar-refractivity contribution in [2.75, 3.05) is 0 Å². The molecule has 1 atom stereocenters. The highest BCUT2D eigenvalue weighted by Gasteiger charge is 2.28. The molecule has 0 radical (unpaired) electrons. The predicted octanol–water partition coefficient (Wildman–Crippen LogP) is 0.159. The van der Waals surface area contributed by atoms with Crippen LogP contribution in [0.1, 0.15) is 23.2 Å². The summed E-state index contributed by atoms with van der Waals surface area (Å²) >= 11 is 1.35. The molecule has 3 N–H and O–H groups in total. The number of imidazole rings is 1.